The molecule has 0 aliphatic heterocycles. The number of hydrogen-bond acceptors (Lipinski definition) is 3. The summed E-state index contributed by atoms with van der Waals surface area (Å²) < 4.78 is 17.1. The molecule has 1 rings (SSSR count). The lowest BCUT2D eigenvalue weighted by atomic mass is 10.0. The van der Waals surface area contributed by atoms with E-state index in [2.05, 4.69) is 44.3 Å². The van der Waals surface area contributed by atoms with Gasteiger partial charge in [0.05, 0.1) is 6.61 Å². The first-order chi connectivity index (χ1) is 9.58. The van der Waals surface area contributed by atoms with Crippen LogP contribution in [0.2, 0.25) is 0 Å². The third kappa shape index (κ3) is 5.73. The van der Waals surface area contributed by atoms with E-state index in [9.17, 15) is 4.21 Å². The summed E-state index contributed by atoms with van der Waals surface area (Å²) in [6.45, 7) is 7.88. The fraction of sp³-hybridized carbons (Fsp3) is 0.625. The first-order valence-corrected chi connectivity index (χ1v) is 8.71. The average Bonchev–Trinajstić information content (AvgIpc) is 2.44. The molecule has 1 N–H and O–H groups in total. The van der Waals surface area contributed by atoms with Crippen molar-refractivity contribution in [2.75, 3.05) is 31.8 Å². The van der Waals surface area contributed by atoms with E-state index in [0.717, 1.165) is 13.0 Å². The molecular weight excluding hydrogens is 270 g/mol. The van der Waals surface area contributed by atoms with Crippen LogP contribution in [0.15, 0.2) is 18.2 Å². The summed E-state index contributed by atoms with van der Waals surface area (Å²) in [6, 6.07) is 6.65. The lowest BCUT2D eigenvalue weighted by Gasteiger charge is -2.19. The molecule has 4 heteroatoms. The molecular formula is C16H27NO2S. The second-order valence-corrected chi connectivity index (χ2v) is 6.78. The molecule has 2 unspecified atom stereocenters. The van der Waals surface area contributed by atoms with E-state index < -0.39 is 10.8 Å². The number of nitrogens with one attached hydrogen (secondary N) is 1. The number of rotatable bonds is 9. The maximum Gasteiger partial charge on any atom is 0.0577 e. The number of benzene rings is 1. The van der Waals surface area contributed by atoms with E-state index in [0.29, 0.717) is 18.1 Å². The smallest absolute Gasteiger partial charge is 0.0577 e. The van der Waals surface area contributed by atoms with Gasteiger partial charge in [-0.1, -0.05) is 25.1 Å². The maximum absolute atomic E-state index is 12.1. The van der Waals surface area contributed by atoms with Gasteiger partial charge in [-0.25, -0.2) is 0 Å². The van der Waals surface area contributed by atoms with Gasteiger partial charge in [0.1, 0.15) is 0 Å². The fourth-order valence-corrected chi connectivity index (χ4v) is 3.22. The Bertz CT molecular complexity index is 434. The minimum Gasteiger partial charge on any atom is -0.384 e. The highest BCUT2D eigenvalue weighted by Gasteiger charge is 2.15. The standard InChI is InChI=1S/C16H27NO2S/c1-5-8-17-16(12-20(18)10-9-19-4)15-7-6-13(2)14(3)11-15/h6-7,11,16-17H,5,8-10,12H2,1-4H3. The second kappa shape index (κ2) is 9.27. The van der Waals surface area contributed by atoms with E-state index in [1.165, 1.54) is 16.7 Å². The number of ether oxygens (including phenoxy) is 1. The van der Waals surface area contributed by atoms with E-state index in [4.69, 9.17) is 4.74 Å². The van der Waals surface area contributed by atoms with Crippen molar-refractivity contribution in [3.05, 3.63) is 34.9 Å². The summed E-state index contributed by atoms with van der Waals surface area (Å²) in [5, 5.41) is 3.51. The van der Waals surface area contributed by atoms with Crippen molar-refractivity contribution in [2.45, 2.75) is 33.2 Å². The van der Waals surface area contributed by atoms with Gasteiger partial charge in [-0.2, -0.15) is 0 Å². The predicted octanol–water partition coefficient (Wildman–Crippen LogP) is 2.74. The Labute approximate surface area is 125 Å². The second-order valence-electron chi connectivity index (χ2n) is 5.15. The first-order valence-electron chi connectivity index (χ1n) is 7.23. The van der Waals surface area contributed by atoms with Gasteiger partial charge < -0.3 is 10.1 Å². The Hall–Kier alpha value is -0.710. The zero-order valence-electron chi connectivity index (χ0n) is 13.1. The van der Waals surface area contributed by atoms with Gasteiger partial charge in [0.2, 0.25) is 0 Å². The number of methoxy groups -OCH3 is 1. The minimum absolute atomic E-state index is 0.159. The van der Waals surface area contributed by atoms with Crippen LogP contribution in [0.1, 0.15) is 36.1 Å². The third-order valence-corrected chi connectivity index (χ3v) is 4.77. The summed E-state index contributed by atoms with van der Waals surface area (Å²) >= 11 is 0. The van der Waals surface area contributed by atoms with Crippen molar-refractivity contribution in [2.24, 2.45) is 0 Å². The number of hydrogen-bond donors (Lipinski definition) is 1. The third-order valence-electron chi connectivity index (χ3n) is 3.44. The average molecular weight is 297 g/mol. The van der Waals surface area contributed by atoms with Crippen molar-refractivity contribution in [3.63, 3.8) is 0 Å². The summed E-state index contributed by atoms with van der Waals surface area (Å²) in [5.74, 6) is 1.25. The van der Waals surface area contributed by atoms with Crippen LogP contribution in [-0.4, -0.2) is 36.0 Å². The molecule has 0 saturated carbocycles. The lowest BCUT2D eigenvalue weighted by molar-refractivity contribution is 0.218. The van der Waals surface area contributed by atoms with Crippen molar-refractivity contribution in [1.82, 2.24) is 5.32 Å². The normalized spacial score (nSPS) is 14.2. The van der Waals surface area contributed by atoms with E-state index in [-0.39, 0.29) is 6.04 Å². The molecule has 0 aromatic heterocycles. The Kier molecular flexibility index (Phi) is 8.04. The van der Waals surface area contributed by atoms with Crippen LogP contribution >= 0.6 is 0 Å². The van der Waals surface area contributed by atoms with Gasteiger partial charge >= 0.3 is 0 Å². The topological polar surface area (TPSA) is 38.3 Å². The molecule has 0 aliphatic carbocycles. The van der Waals surface area contributed by atoms with Gasteiger partial charge in [0.25, 0.3) is 0 Å². The zero-order valence-corrected chi connectivity index (χ0v) is 13.9. The highest BCUT2D eigenvalue weighted by molar-refractivity contribution is 7.85. The van der Waals surface area contributed by atoms with Crippen LogP contribution in [0, 0.1) is 13.8 Å². The van der Waals surface area contributed by atoms with Crippen molar-refractivity contribution in [1.29, 1.82) is 0 Å². The van der Waals surface area contributed by atoms with Crippen LogP contribution in [-0.2, 0) is 15.5 Å². The molecule has 114 valence electrons. The highest BCUT2D eigenvalue weighted by atomic mass is 32.2. The highest BCUT2D eigenvalue weighted by Crippen LogP contribution is 2.18. The minimum atomic E-state index is -0.853. The molecule has 0 amide bonds. The number of aryl methyl sites for hydroxylation is 2. The van der Waals surface area contributed by atoms with Crippen molar-refractivity contribution >= 4 is 10.8 Å². The summed E-state index contributed by atoms with van der Waals surface area (Å²) in [4.78, 5) is 0. The Morgan fingerprint density at radius 3 is 2.65 bits per heavy atom. The molecule has 0 radical (unpaired) electrons. The van der Waals surface area contributed by atoms with Crippen molar-refractivity contribution < 1.29 is 8.95 Å². The lowest BCUT2D eigenvalue weighted by Crippen LogP contribution is -2.28. The van der Waals surface area contributed by atoms with Gasteiger partial charge in [0.15, 0.2) is 0 Å². The monoisotopic (exact) mass is 297 g/mol. The molecule has 0 fully saturated rings. The van der Waals surface area contributed by atoms with Crippen LogP contribution in [0.25, 0.3) is 0 Å². The molecule has 2 atom stereocenters. The van der Waals surface area contributed by atoms with Crippen LogP contribution in [0.3, 0.4) is 0 Å². The molecule has 1 aromatic rings. The molecule has 0 heterocycles. The summed E-state index contributed by atoms with van der Waals surface area (Å²) in [6.07, 6.45) is 1.08. The summed E-state index contributed by atoms with van der Waals surface area (Å²) in [7, 11) is 0.793. The van der Waals surface area contributed by atoms with Crippen LogP contribution in [0.4, 0.5) is 0 Å². The van der Waals surface area contributed by atoms with Gasteiger partial charge in [0, 0.05) is 35.5 Å². The quantitative estimate of drug-likeness (QED) is 0.761. The van der Waals surface area contributed by atoms with E-state index in [1.54, 1.807) is 7.11 Å². The molecule has 3 nitrogen and oxygen atoms in total. The van der Waals surface area contributed by atoms with Crippen molar-refractivity contribution in [3.8, 4) is 0 Å². The molecule has 0 spiro atoms. The predicted molar refractivity (Wildman–Crippen MR) is 86.7 cm³/mol. The van der Waals surface area contributed by atoms with Gasteiger partial charge in [-0.3, -0.25) is 4.21 Å². The Morgan fingerprint density at radius 2 is 2.05 bits per heavy atom. The Morgan fingerprint density at radius 1 is 1.30 bits per heavy atom. The van der Waals surface area contributed by atoms with Gasteiger partial charge in [-0.15, -0.1) is 0 Å². The molecule has 0 saturated heterocycles. The van der Waals surface area contributed by atoms with Crippen LogP contribution < -0.4 is 5.32 Å². The molecule has 20 heavy (non-hydrogen) atoms. The van der Waals surface area contributed by atoms with Crippen LogP contribution in [0.5, 0.6) is 0 Å². The van der Waals surface area contributed by atoms with E-state index >= 15 is 0 Å². The first kappa shape index (κ1) is 17.3. The molecule has 1 aromatic carbocycles. The zero-order chi connectivity index (χ0) is 15.0. The SMILES string of the molecule is CCCNC(CS(=O)CCOC)c1ccc(C)c(C)c1. The fourth-order valence-electron chi connectivity index (χ4n) is 2.02. The largest absolute Gasteiger partial charge is 0.384 e. The van der Waals surface area contributed by atoms with E-state index in [1.807, 2.05) is 0 Å². The molecule has 0 aliphatic rings. The molecule has 0 bridgehead atoms. The summed E-state index contributed by atoms with van der Waals surface area (Å²) in [5.41, 5.74) is 3.81. The van der Waals surface area contributed by atoms with Gasteiger partial charge in [-0.05, 0) is 43.5 Å². The maximum atomic E-state index is 12.1. The Balaban J connectivity index is 2.76.